The van der Waals surface area contributed by atoms with Gasteiger partial charge in [0.2, 0.25) is 0 Å². The van der Waals surface area contributed by atoms with Gasteiger partial charge in [0.05, 0.1) is 28.8 Å². The summed E-state index contributed by atoms with van der Waals surface area (Å²) in [5.41, 5.74) is 1.94. The lowest BCUT2D eigenvalue weighted by Crippen LogP contribution is -2.03. The minimum atomic E-state index is -2.70. The molecule has 2 aromatic carbocycles. The smallest absolute Gasteiger partial charge is 0.282 e. The Kier molecular flexibility index (Phi) is 6.08. The molecular weight excluding hydrogens is 390 g/mol. The highest BCUT2D eigenvalue weighted by molar-refractivity contribution is 7.98. The van der Waals surface area contributed by atoms with Crippen LogP contribution in [0.5, 0.6) is 0 Å². The van der Waals surface area contributed by atoms with E-state index in [-0.39, 0.29) is 12.3 Å². The molecule has 3 rings (SSSR count). The molecule has 1 atom stereocenters. The van der Waals surface area contributed by atoms with Crippen molar-refractivity contribution in [1.29, 1.82) is 0 Å². The van der Waals surface area contributed by atoms with E-state index in [1.54, 1.807) is 30.0 Å². The van der Waals surface area contributed by atoms with Crippen molar-refractivity contribution in [2.24, 2.45) is 0 Å². The molecule has 1 aromatic heterocycles. The van der Waals surface area contributed by atoms with Crippen molar-refractivity contribution in [2.75, 3.05) is 12.5 Å². The molecule has 0 fully saturated rings. The summed E-state index contributed by atoms with van der Waals surface area (Å²) in [6.45, 7) is -0.302. The molecule has 8 heteroatoms. The van der Waals surface area contributed by atoms with Crippen LogP contribution in [0, 0.1) is 0 Å². The molecule has 0 aliphatic heterocycles. The maximum Gasteiger partial charge on any atom is 0.282 e. The van der Waals surface area contributed by atoms with E-state index in [1.165, 1.54) is 17.0 Å². The quantitative estimate of drug-likeness (QED) is 0.613. The fraction of sp³-hybridized carbons (Fsp3) is 0.211. The molecule has 0 spiro atoms. The predicted molar refractivity (Wildman–Crippen MR) is 104 cm³/mol. The predicted octanol–water partition coefficient (Wildman–Crippen LogP) is 4.43. The van der Waals surface area contributed by atoms with Crippen molar-refractivity contribution >= 4 is 22.6 Å². The van der Waals surface area contributed by atoms with Crippen molar-refractivity contribution in [1.82, 2.24) is 9.78 Å². The fourth-order valence-electron chi connectivity index (χ4n) is 2.77. The largest absolute Gasteiger partial charge is 0.392 e. The van der Waals surface area contributed by atoms with Crippen LogP contribution in [0.4, 0.5) is 8.78 Å². The van der Waals surface area contributed by atoms with Crippen LogP contribution >= 0.6 is 11.8 Å². The van der Waals surface area contributed by atoms with Crippen LogP contribution in [0.3, 0.4) is 0 Å². The Labute approximate surface area is 162 Å². The maximum absolute atomic E-state index is 13.3. The summed E-state index contributed by atoms with van der Waals surface area (Å²) in [4.78, 5) is 1.57. The number of rotatable bonds is 6. The molecule has 4 nitrogen and oxygen atoms in total. The van der Waals surface area contributed by atoms with E-state index < -0.39 is 17.2 Å². The van der Waals surface area contributed by atoms with Gasteiger partial charge in [-0.25, -0.2) is 13.5 Å². The summed E-state index contributed by atoms with van der Waals surface area (Å²) in [6, 6.07) is 13.8. The lowest BCUT2D eigenvalue weighted by atomic mass is 10.1. The Morgan fingerprint density at radius 1 is 1.19 bits per heavy atom. The number of benzene rings is 2. The van der Waals surface area contributed by atoms with Crippen LogP contribution in [-0.4, -0.2) is 31.6 Å². The Morgan fingerprint density at radius 3 is 2.44 bits per heavy atom. The highest BCUT2D eigenvalue weighted by Crippen LogP contribution is 2.30. The topological polar surface area (TPSA) is 55.1 Å². The third-order valence-corrected chi connectivity index (χ3v) is 5.87. The van der Waals surface area contributed by atoms with Gasteiger partial charge >= 0.3 is 0 Å². The maximum atomic E-state index is 13.3. The number of halogens is 2. The van der Waals surface area contributed by atoms with Gasteiger partial charge < -0.3 is 5.11 Å². The molecule has 3 aromatic rings. The molecule has 0 saturated carbocycles. The van der Waals surface area contributed by atoms with Crippen molar-refractivity contribution in [3.8, 4) is 16.9 Å². The summed E-state index contributed by atoms with van der Waals surface area (Å²) in [5.74, 6) is 0. The van der Waals surface area contributed by atoms with E-state index in [1.807, 2.05) is 30.5 Å². The second kappa shape index (κ2) is 8.33. The zero-order chi connectivity index (χ0) is 19.6. The first-order valence-electron chi connectivity index (χ1n) is 8.04. The molecule has 0 amide bonds. The van der Waals surface area contributed by atoms with Crippen LogP contribution in [0.25, 0.3) is 16.9 Å². The van der Waals surface area contributed by atoms with Crippen molar-refractivity contribution in [3.05, 3.63) is 59.8 Å². The van der Waals surface area contributed by atoms with Crippen LogP contribution in [0.15, 0.2) is 58.3 Å². The van der Waals surface area contributed by atoms with E-state index in [4.69, 9.17) is 0 Å². The average molecular weight is 408 g/mol. The molecule has 142 valence electrons. The number of thioether (sulfide) groups is 1. The monoisotopic (exact) mass is 408 g/mol. The number of alkyl halides is 2. The number of aliphatic hydroxyl groups excluding tert-OH is 1. The molecule has 1 unspecified atom stereocenters. The number of hydrogen-bond acceptors (Lipinski definition) is 4. The van der Waals surface area contributed by atoms with Gasteiger partial charge in [0.25, 0.3) is 6.43 Å². The summed E-state index contributed by atoms with van der Waals surface area (Å²) < 4.78 is 39.8. The molecule has 27 heavy (non-hydrogen) atoms. The molecule has 0 saturated heterocycles. The van der Waals surface area contributed by atoms with E-state index in [2.05, 4.69) is 5.10 Å². The molecular formula is C19H18F2N2O2S2. The van der Waals surface area contributed by atoms with Gasteiger partial charge in [-0.15, -0.1) is 11.8 Å². The van der Waals surface area contributed by atoms with Gasteiger partial charge in [-0.1, -0.05) is 12.1 Å². The number of hydrogen-bond donors (Lipinski definition) is 1. The van der Waals surface area contributed by atoms with Crippen LogP contribution in [-0.2, 0) is 17.4 Å². The number of aromatic nitrogens is 2. The average Bonchev–Trinajstić information content (AvgIpc) is 3.13. The summed E-state index contributed by atoms with van der Waals surface area (Å²) in [7, 11) is -1.26. The first-order valence-corrected chi connectivity index (χ1v) is 10.8. The number of aliphatic hydroxyl groups is 1. The number of nitrogens with zero attached hydrogens (tertiary/aromatic N) is 2. The summed E-state index contributed by atoms with van der Waals surface area (Å²) in [6.07, 6.45) is 0.787. The minimum absolute atomic E-state index is 0.302. The van der Waals surface area contributed by atoms with Crippen molar-refractivity contribution < 1.29 is 18.1 Å². The third kappa shape index (κ3) is 4.12. The zero-order valence-electron chi connectivity index (χ0n) is 14.7. The Bertz CT molecular complexity index is 972. The second-order valence-electron chi connectivity index (χ2n) is 5.80. The van der Waals surface area contributed by atoms with Crippen molar-refractivity contribution in [3.63, 3.8) is 0 Å². The normalized spacial score (nSPS) is 12.5. The third-order valence-electron chi connectivity index (χ3n) is 4.11. The molecule has 0 aliphatic carbocycles. The molecule has 1 heterocycles. The second-order valence-corrected chi connectivity index (χ2v) is 8.03. The summed E-state index contributed by atoms with van der Waals surface area (Å²) >= 11 is 1.59. The highest BCUT2D eigenvalue weighted by atomic mass is 32.2. The van der Waals surface area contributed by atoms with E-state index in [0.29, 0.717) is 21.8 Å². The zero-order valence-corrected chi connectivity index (χ0v) is 16.4. The molecule has 1 N–H and O–H groups in total. The van der Waals surface area contributed by atoms with Gasteiger partial charge in [0.1, 0.15) is 5.69 Å². The fourth-order valence-corrected chi connectivity index (χ4v) is 3.93. The first-order chi connectivity index (χ1) is 12.9. The summed E-state index contributed by atoms with van der Waals surface area (Å²) in [5, 5.41) is 13.6. The lowest BCUT2D eigenvalue weighted by molar-refractivity contribution is 0.145. The van der Waals surface area contributed by atoms with E-state index in [9.17, 15) is 18.1 Å². The van der Waals surface area contributed by atoms with E-state index >= 15 is 0 Å². The lowest BCUT2D eigenvalue weighted by Gasteiger charge is -2.11. The first kappa shape index (κ1) is 19.7. The van der Waals surface area contributed by atoms with Gasteiger partial charge in [-0.05, 0) is 48.2 Å². The van der Waals surface area contributed by atoms with Crippen LogP contribution in [0.2, 0.25) is 0 Å². The Morgan fingerprint density at radius 2 is 1.89 bits per heavy atom. The molecule has 0 radical (unpaired) electrons. The molecule has 0 bridgehead atoms. The van der Waals surface area contributed by atoms with Gasteiger partial charge in [0, 0.05) is 21.6 Å². The standard InChI is InChI=1S/C19H18F2N2O2S2/c1-26-15-6-3-12(4-7-15)17-10-16(19(20)21)22-23(17)14-5-8-18(27(2)25)13(9-14)11-24/h3-10,19,24H,11H2,1-2H3. The van der Waals surface area contributed by atoms with Gasteiger partial charge in [-0.2, -0.15) is 5.10 Å². The Hall–Kier alpha value is -2.03. The highest BCUT2D eigenvalue weighted by Gasteiger charge is 2.18. The van der Waals surface area contributed by atoms with Crippen molar-refractivity contribution in [2.45, 2.75) is 22.8 Å². The Balaban J connectivity index is 2.15. The van der Waals surface area contributed by atoms with Gasteiger partial charge in [0.15, 0.2) is 0 Å². The van der Waals surface area contributed by atoms with Crippen LogP contribution < -0.4 is 0 Å². The van der Waals surface area contributed by atoms with E-state index in [0.717, 1.165) is 10.5 Å². The molecule has 0 aliphatic rings. The SMILES string of the molecule is CSc1ccc(-c2cc(C(F)F)nn2-c2ccc(S(C)=O)c(CO)c2)cc1. The minimum Gasteiger partial charge on any atom is -0.392 e. The van der Waals surface area contributed by atoms with Crippen LogP contribution in [0.1, 0.15) is 17.7 Å². The van der Waals surface area contributed by atoms with Gasteiger partial charge in [-0.3, -0.25) is 4.21 Å².